The predicted molar refractivity (Wildman–Crippen MR) is 85.3 cm³/mol. The summed E-state index contributed by atoms with van der Waals surface area (Å²) < 4.78 is 11.1. The number of H-pyrrole nitrogens is 1. The van der Waals surface area contributed by atoms with Crippen LogP contribution in [0.5, 0.6) is 0 Å². The van der Waals surface area contributed by atoms with Crippen molar-refractivity contribution in [3.8, 4) is 0 Å². The predicted octanol–water partition coefficient (Wildman–Crippen LogP) is 0.611. The molecule has 1 aromatic heterocycles. The van der Waals surface area contributed by atoms with Gasteiger partial charge in [0.2, 0.25) is 0 Å². The number of ether oxygens (including phenoxy) is 2. The number of hydrogen-bond donors (Lipinski definition) is 1. The molecule has 7 heteroatoms. The first-order valence-electron chi connectivity index (χ1n) is 8.29. The Balaban J connectivity index is 1.58. The summed E-state index contributed by atoms with van der Waals surface area (Å²) in [5.41, 5.74) is 0.731. The third-order valence-corrected chi connectivity index (χ3v) is 4.97. The van der Waals surface area contributed by atoms with Crippen LogP contribution in [-0.2, 0) is 9.47 Å². The van der Waals surface area contributed by atoms with E-state index in [4.69, 9.17) is 9.47 Å². The van der Waals surface area contributed by atoms with Gasteiger partial charge >= 0.3 is 0 Å². The van der Waals surface area contributed by atoms with Gasteiger partial charge in [-0.2, -0.15) is 0 Å². The number of aromatic amines is 1. The number of piperidine rings is 1. The van der Waals surface area contributed by atoms with Gasteiger partial charge in [0.05, 0.1) is 32.3 Å². The SMILES string of the molecule is COCCN1CCOCC2(CCN(C(=O)c3cnc[nH]3)CC2)C1. The van der Waals surface area contributed by atoms with Crippen LogP contribution in [-0.4, -0.2) is 85.3 Å². The van der Waals surface area contributed by atoms with E-state index in [0.29, 0.717) is 5.69 Å². The van der Waals surface area contributed by atoms with Crippen molar-refractivity contribution in [2.45, 2.75) is 12.8 Å². The van der Waals surface area contributed by atoms with E-state index in [2.05, 4.69) is 14.9 Å². The van der Waals surface area contributed by atoms with Crippen molar-refractivity contribution in [2.24, 2.45) is 5.41 Å². The molecule has 1 N–H and O–H groups in total. The lowest BCUT2D eigenvalue weighted by atomic mass is 9.78. The topological polar surface area (TPSA) is 70.7 Å². The van der Waals surface area contributed by atoms with Crippen LogP contribution < -0.4 is 0 Å². The Labute approximate surface area is 137 Å². The lowest BCUT2D eigenvalue weighted by molar-refractivity contribution is 0.0135. The van der Waals surface area contributed by atoms with Gasteiger partial charge in [-0.05, 0) is 12.8 Å². The molecule has 0 saturated carbocycles. The maximum atomic E-state index is 12.4. The number of carbonyl (C=O) groups excluding carboxylic acids is 1. The van der Waals surface area contributed by atoms with E-state index in [9.17, 15) is 4.79 Å². The maximum absolute atomic E-state index is 12.4. The van der Waals surface area contributed by atoms with E-state index in [1.165, 1.54) is 0 Å². The zero-order chi connectivity index (χ0) is 16.1. The van der Waals surface area contributed by atoms with E-state index >= 15 is 0 Å². The van der Waals surface area contributed by atoms with Gasteiger partial charge in [0.25, 0.3) is 5.91 Å². The third-order valence-electron chi connectivity index (χ3n) is 4.97. The van der Waals surface area contributed by atoms with Gasteiger partial charge in [0.15, 0.2) is 0 Å². The summed E-state index contributed by atoms with van der Waals surface area (Å²) in [6.45, 7) is 6.81. The van der Waals surface area contributed by atoms with Gasteiger partial charge in [-0.15, -0.1) is 0 Å². The molecule has 3 heterocycles. The molecule has 0 aliphatic carbocycles. The standard InChI is InChI=1S/C16H26N4O3/c1-22-8-6-19-7-9-23-12-16(11-19)2-4-20(5-3-16)15(21)14-10-17-13-18-14/h10,13H,2-9,11-12H2,1H3,(H,17,18). The smallest absolute Gasteiger partial charge is 0.271 e. The molecular formula is C16H26N4O3. The molecule has 1 amide bonds. The minimum Gasteiger partial charge on any atom is -0.383 e. The molecule has 23 heavy (non-hydrogen) atoms. The van der Waals surface area contributed by atoms with Crippen LogP contribution in [0.15, 0.2) is 12.5 Å². The Morgan fingerprint density at radius 1 is 1.43 bits per heavy atom. The largest absolute Gasteiger partial charge is 0.383 e. The monoisotopic (exact) mass is 322 g/mol. The highest BCUT2D eigenvalue weighted by Gasteiger charge is 2.39. The maximum Gasteiger partial charge on any atom is 0.271 e. The molecule has 0 unspecified atom stereocenters. The number of nitrogens with zero attached hydrogens (tertiary/aromatic N) is 3. The number of nitrogens with one attached hydrogen (secondary N) is 1. The summed E-state index contributed by atoms with van der Waals surface area (Å²) >= 11 is 0. The van der Waals surface area contributed by atoms with Gasteiger partial charge in [0.1, 0.15) is 5.69 Å². The summed E-state index contributed by atoms with van der Waals surface area (Å²) in [6.07, 6.45) is 5.10. The summed E-state index contributed by atoms with van der Waals surface area (Å²) in [5.74, 6) is 0.0446. The van der Waals surface area contributed by atoms with Crippen molar-refractivity contribution in [1.29, 1.82) is 0 Å². The first-order valence-corrected chi connectivity index (χ1v) is 8.29. The molecule has 2 saturated heterocycles. The summed E-state index contributed by atoms with van der Waals surface area (Å²) in [5, 5.41) is 0. The minimum atomic E-state index is 0.0446. The van der Waals surface area contributed by atoms with Crippen LogP contribution in [0.4, 0.5) is 0 Å². The van der Waals surface area contributed by atoms with Crippen LogP contribution in [0.2, 0.25) is 0 Å². The number of imidazole rings is 1. The number of carbonyl (C=O) groups is 1. The lowest BCUT2D eigenvalue weighted by Crippen LogP contribution is -2.49. The molecule has 0 aromatic carbocycles. The molecule has 0 atom stereocenters. The number of likely N-dealkylation sites (tertiary alicyclic amines) is 1. The molecule has 128 valence electrons. The average molecular weight is 322 g/mol. The summed E-state index contributed by atoms with van der Waals surface area (Å²) in [4.78, 5) is 23.6. The number of methoxy groups -OCH3 is 1. The van der Waals surface area contributed by atoms with Crippen LogP contribution in [0.1, 0.15) is 23.3 Å². The van der Waals surface area contributed by atoms with Gasteiger partial charge in [0, 0.05) is 45.2 Å². The zero-order valence-electron chi connectivity index (χ0n) is 13.8. The molecular weight excluding hydrogens is 296 g/mol. The second-order valence-electron chi connectivity index (χ2n) is 6.58. The third kappa shape index (κ3) is 3.91. The average Bonchev–Trinajstić information content (AvgIpc) is 3.04. The van der Waals surface area contributed by atoms with Crippen molar-refractivity contribution >= 4 is 5.91 Å². The summed E-state index contributed by atoms with van der Waals surface area (Å²) in [7, 11) is 1.74. The fourth-order valence-electron chi connectivity index (χ4n) is 3.52. The molecule has 2 aliphatic rings. The van der Waals surface area contributed by atoms with E-state index in [0.717, 1.165) is 65.4 Å². The second kappa shape index (κ2) is 7.42. The Kier molecular flexibility index (Phi) is 5.30. The fourth-order valence-corrected chi connectivity index (χ4v) is 3.52. The van der Waals surface area contributed by atoms with E-state index < -0.39 is 0 Å². The molecule has 3 rings (SSSR count). The van der Waals surface area contributed by atoms with Crippen LogP contribution in [0, 0.1) is 5.41 Å². The second-order valence-corrected chi connectivity index (χ2v) is 6.58. The van der Waals surface area contributed by atoms with Crippen molar-refractivity contribution in [2.75, 3.05) is 59.7 Å². The Morgan fingerprint density at radius 2 is 2.26 bits per heavy atom. The van der Waals surface area contributed by atoms with Gasteiger partial charge < -0.3 is 19.4 Å². The van der Waals surface area contributed by atoms with Gasteiger partial charge in [-0.3, -0.25) is 9.69 Å². The van der Waals surface area contributed by atoms with Gasteiger partial charge in [-0.25, -0.2) is 4.98 Å². The molecule has 2 fully saturated rings. The van der Waals surface area contributed by atoms with E-state index in [-0.39, 0.29) is 11.3 Å². The number of aromatic nitrogens is 2. The Bertz CT molecular complexity index is 497. The van der Waals surface area contributed by atoms with Crippen LogP contribution in [0.3, 0.4) is 0 Å². The first-order chi connectivity index (χ1) is 11.2. The quantitative estimate of drug-likeness (QED) is 0.879. The highest BCUT2D eigenvalue weighted by Crippen LogP contribution is 2.34. The molecule has 1 spiro atoms. The number of amides is 1. The highest BCUT2D eigenvalue weighted by atomic mass is 16.5. The minimum absolute atomic E-state index is 0.0446. The highest BCUT2D eigenvalue weighted by molar-refractivity contribution is 5.92. The Morgan fingerprint density at radius 3 is 2.96 bits per heavy atom. The van der Waals surface area contributed by atoms with Crippen LogP contribution >= 0.6 is 0 Å². The summed E-state index contributed by atoms with van der Waals surface area (Å²) in [6, 6.07) is 0. The van der Waals surface area contributed by atoms with Crippen molar-refractivity contribution in [1.82, 2.24) is 19.8 Å². The van der Waals surface area contributed by atoms with Crippen LogP contribution in [0.25, 0.3) is 0 Å². The molecule has 1 aromatic rings. The number of rotatable bonds is 4. The van der Waals surface area contributed by atoms with Gasteiger partial charge in [-0.1, -0.05) is 0 Å². The zero-order valence-corrected chi connectivity index (χ0v) is 13.8. The Hall–Kier alpha value is -1.44. The van der Waals surface area contributed by atoms with E-state index in [1.54, 1.807) is 19.6 Å². The fraction of sp³-hybridized carbons (Fsp3) is 0.750. The van der Waals surface area contributed by atoms with Crippen molar-refractivity contribution in [3.05, 3.63) is 18.2 Å². The molecule has 0 bridgehead atoms. The molecule has 0 radical (unpaired) electrons. The van der Waals surface area contributed by atoms with Crippen molar-refractivity contribution in [3.63, 3.8) is 0 Å². The first kappa shape index (κ1) is 16.4. The number of hydrogen-bond acceptors (Lipinski definition) is 5. The molecule has 7 nitrogen and oxygen atoms in total. The molecule has 2 aliphatic heterocycles. The lowest BCUT2D eigenvalue weighted by Gasteiger charge is -2.42. The van der Waals surface area contributed by atoms with E-state index in [1.807, 2.05) is 4.90 Å². The normalized spacial score (nSPS) is 22.2. The van der Waals surface area contributed by atoms with Crippen molar-refractivity contribution < 1.29 is 14.3 Å².